The molecule has 2 N–H and O–H groups in total. The zero-order valence-corrected chi connectivity index (χ0v) is 10.0. The van der Waals surface area contributed by atoms with Crippen LogP contribution in [0.3, 0.4) is 0 Å². The van der Waals surface area contributed by atoms with Crippen molar-refractivity contribution in [3.8, 4) is 0 Å². The van der Waals surface area contributed by atoms with Gasteiger partial charge in [0.05, 0.1) is 26.2 Å². The first-order chi connectivity index (χ1) is 6.17. The fraction of sp³-hybridized carbons (Fsp3) is 1.00. The van der Waals surface area contributed by atoms with E-state index in [-0.39, 0.29) is 0 Å². The maximum Gasteiger partial charge on any atom is 0.269 e. The smallest absolute Gasteiger partial charge is 0.269 e. The molecule has 0 saturated carbocycles. The summed E-state index contributed by atoms with van der Waals surface area (Å²) in [5.41, 5.74) is 0. The Bertz CT molecular complexity index is 170. The average molecular weight is 209 g/mol. The molecule has 13 heavy (non-hydrogen) atoms. The molecule has 0 spiro atoms. The fourth-order valence-electron chi connectivity index (χ4n) is 1.22. The van der Waals surface area contributed by atoms with Crippen LogP contribution in [0.15, 0.2) is 0 Å². The molecular formula is C8H22N2O2P+. The van der Waals surface area contributed by atoms with Gasteiger partial charge in [-0.1, -0.05) is 13.8 Å². The molecule has 1 unspecified atom stereocenters. The minimum Gasteiger partial charge on any atom is -0.344 e. The normalized spacial score (nSPS) is 22.8. The van der Waals surface area contributed by atoms with Crippen molar-refractivity contribution < 1.29 is 14.4 Å². The van der Waals surface area contributed by atoms with Gasteiger partial charge < -0.3 is 9.84 Å². The second-order valence-electron chi connectivity index (χ2n) is 2.81. The molecule has 1 atom stereocenters. The maximum atomic E-state index is 11.6. The van der Waals surface area contributed by atoms with Gasteiger partial charge in [0.2, 0.25) is 0 Å². The lowest BCUT2D eigenvalue weighted by Crippen LogP contribution is -2.89. The predicted octanol–water partition coefficient (Wildman–Crippen LogP) is 0.361. The number of nitrogens with two attached hydrogens (primary N) is 1. The number of rotatable bonds is 2. The fourth-order valence-corrected chi connectivity index (χ4v) is 2.40. The monoisotopic (exact) mass is 209 g/mol. The number of piperazine rings is 1. The Morgan fingerprint density at radius 2 is 1.77 bits per heavy atom. The summed E-state index contributed by atoms with van der Waals surface area (Å²) >= 11 is 0. The van der Waals surface area contributed by atoms with Crippen molar-refractivity contribution in [2.24, 2.45) is 0 Å². The SMILES string of the molecule is CC.COP(C)(=O)N1CC[NH2+]CC1. The second-order valence-corrected chi connectivity index (χ2v) is 5.34. The molecule has 0 aromatic rings. The lowest BCUT2D eigenvalue weighted by Gasteiger charge is -2.29. The summed E-state index contributed by atoms with van der Waals surface area (Å²) in [6.07, 6.45) is 0. The largest absolute Gasteiger partial charge is 0.344 e. The molecule has 1 aliphatic rings. The molecule has 1 heterocycles. The first kappa shape index (κ1) is 13.1. The van der Waals surface area contributed by atoms with Crippen LogP contribution in [0, 0.1) is 0 Å². The standard InChI is InChI=1S/C6H15N2O2P.C2H6/c1-10-11(2,9)8-5-3-7-4-6-8;1-2/h7H,3-6H2,1-2H3;1-2H3/p+1. The van der Waals surface area contributed by atoms with Gasteiger partial charge in [0.1, 0.15) is 0 Å². The third-order valence-electron chi connectivity index (χ3n) is 2.04. The molecule has 0 amide bonds. The van der Waals surface area contributed by atoms with Gasteiger partial charge in [-0.3, -0.25) is 4.57 Å². The van der Waals surface area contributed by atoms with Crippen molar-refractivity contribution in [2.75, 3.05) is 40.0 Å². The summed E-state index contributed by atoms with van der Waals surface area (Å²) in [6, 6.07) is 0. The van der Waals surface area contributed by atoms with Crippen molar-refractivity contribution in [2.45, 2.75) is 13.8 Å². The molecule has 0 aromatic carbocycles. The lowest BCUT2D eigenvalue weighted by atomic mass is 10.4. The van der Waals surface area contributed by atoms with E-state index < -0.39 is 7.52 Å². The number of hydrogen-bond acceptors (Lipinski definition) is 2. The zero-order chi connectivity index (χ0) is 10.3. The minimum absolute atomic E-state index is 0.877. The molecule has 0 bridgehead atoms. The molecule has 1 fully saturated rings. The Hall–Kier alpha value is 0.110. The minimum atomic E-state index is -2.44. The zero-order valence-electron chi connectivity index (χ0n) is 9.12. The van der Waals surface area contributed by atoms with E-state index in [1.54, 1.807) is 6.66 Å². The quantitative estimate of drug-likeness (QED) is 0.668. The van der Waals surface area contributed by atoms with Crippen molar-refractivity contribution in [3.63, 3.8) is 0 Å². The number of nitrogens with zero attached hydrogens (tertiary/aromatic N) is 1. The summed E-state index contributed by atoms with van der Waals surface area (Å²) in [4.78, 5) is 0. The van der Waals surface area contributed by atoms with Gasteiger partial charge in [-0.05, 0) is 0 Å². The van der Waals surface area contributed by atoms with Crippen LogP contribution in [0.25, 0.3) is 0 Å². The molecule has 0 aromatic heterocycles. The molecular weight excluding hydrogens is 187 g/mol. The van der Waals surface area contributed by atoms with Crippen LogP contribution in [0.4, 0.5) is 0 Å². The van der Waals surface area contributed by atoms with Crippen LogP contribution < -0.4 is 5.32 Å². The molecule has 4 nitrogen and oxygen atoms in total. The van der Waals surface area contributed by atoms with E-state index >= 15 is 0 Å². The Morgan fingerprint density at radius 3 is 2.15 bits per heavy atom. The Kier molecular flexibility index (Phi) is 6.60. The highest BCUT2D eigenvalue weighted by molar-refractivity contribution is 7.55. The van der Waals surface area contributed by atoms with Gasteiger partial charge >= 0.3 is 0 Å². The lowest BCUT2D eigenvalue weighted by molar-refractivity contribution is -0.661. The molecule has 80 valence electrons. The van der Waals surface area contributed by atoms with Gasteiger partial charge in [0.15, 0.2) is 0 Å². The molecule has 0 aliphatic carbocycles. The van der Waals surface area contributed by atoms with Crippen LogP contribution in [-0.4, -0.2) is 44.6 Å². The highest BCUT2D eigenvalue weighted by atomic mass is 31.2. The number of quaternary nitrogens is 1. The van der Waals surface area contributed by atoms with E-state index in [1.165, 1.54) is 7.11 Å². The van der Waals surface area contributed by atoms with Gasteiger partial charge in [-0.15, -0.1) is 0 Å². The first-order valence-corrected chi connectivity index (χ1v) is 6.89. The summed E-state index contributed by atoms with van der Waals surface area (Å²) in [5.74, 6) is 0. The van der Waals surface area contributed by atoms with Crippen LogP contribution >= 0.6 is 7.52 Å². The van der Waals surface area contributed by atoms with Gasteiger partial charge in [0.25, 0.3) is 7.52 Å². The van der Waals surface area contributed by atoms with Gasteiger partial charge in [-0.25, -0.2) is 4.67 Å². The molecule has 1 saturated heterocycles. The maximum absolute atomic E-state index is 11.6. The summed E-state index contributed by atoms with van der Waals surface area (Å²) in [5, 5.41) is 2.23. The van der Waals surface area contributed by atoms with E-state index in [4.69, 9.17) is 4.52 Å². The Balaban J connectivity index is 0.000000671. The highest BCUT2D eigenvalue weighted by Crippen LogP contribution is 2.45. The van der Waals surface area contributed by atoms with Crippen LogP contribution in [0.1, 0.15) is 13.8 Å². The van der Waals surface area contributed by atoms with Gasteiger partial charge in [-0.2, -0.15) is 0 Å². The van der Waals surface area contributed by atoms with E-state index in [0.29, 0.717) is 0 Å². The van der Waals surface area contributed by atoms with Crippen LogP contribution in [-0.2, 0) is 9.09 Å². The third kappa shape index (κ3) is 4.23. The van der Waals surface area contributed by atoms with E-state index in [9.17, 15) is 4.57 Å². The topological polar surface area (TPSA) is 46.1 Å². The van der Waals surface area contributed by atoms with E-state index in [1.807, 2.05) is 18.5 Å². The molecule has 5 heteroatoms. The molecule has 1 aliphatic heterocycles. The van der Waals surface area contributed by atoms with Crippen LogP contribution in [0.2, 0.25) is 0 Å². The Morgan fingerprint density at radius 1 is 1.31 bits per heavy atom. The predicted molar refractivity (Wildman–Crippen MR) is 55.1 cm³/mol. The van der Waals surface area contributed by atoms with Gasteiger partial charge in [0, 0.05) is 13.8 Å². The Labute approximate surface area is 81.1 Å². The highest BCUT2D eigenvalue weighted by Gasteiger charge is 2.27. The van der Waals surface area contributed by atoms with E-state index in [2.05, 4.69) is 5.32 Å². The van der Waals surface area contributed by atoms with Crippen molar-refractivity contribution >= 4 is 7.52 Å². The second kappa shape index (κ2) is 6.55. The molecule has 0 radical (unpaired) electrons. The number of hydrogen-bond donors (Lipinski definition) is 1. The van der Waals surface area contributed by atoms with Crippen molar-refractivity contribution in [1.29, 1.82) is 0 Å². The average Bonchev–Trinajstić information content (AvgIpc) is 2.22. The van der Waals surface area contributed by atoms with Crippen molar-refractivity contribution in [1.82, 2.24) is 4.67 Å². The third-order valence-corrected chi connectivity index (χ3v) is 4.14. The summed E-state index contributed by atoms with van der Waals surface area (Å²) in [7, 11) is -0.923. The molecule has 1 rings (SSSR count). The summed E-state index contributed by atoms with van der Waals surface area (Å²) in [6.45, 7) is 9.49. The summed E-state index contributed by atoms with van der Waals surface area (Å²) < 4.78 is 18.5. The first-order valence-electron chi connectivity index (χ1n) is 4.87. The van der Waals surface area contributed by atoms with E-state index in [0.717, 1.165) is 26.2 Å². The van der Waals surface area contributed by atoms with Crippen LogP contribution in [0.5, 0.6) is 0 Å². The van der Waals surface area contributed by atoms with Crippen molar-refractivity contribution in [3.05, 3.63) is 0 Å².